The second-order valence-corrected chi connectivity index (χ2v) is 8.24. The van der Waals surface area contributed by atoms with E-state index in [0.717, 1.165) is 5.56 Å². The maximum atomic E-state index is 13.6. The van der Waals surface area contributed by atoms with Crippen LogP contribution in [0.2, 0.25) is 0 Å². The van der Waals surface area contributed by atoms with E-state index in [-0.39, 0.29) is 12.2 Å². The fourth-order valence-corrected chi connectivity index (χ4v) is 4.51. The Morgan fingerprint density at radius 1 is 1.16 bits per heavy atom. The van der Waals surface area contributed by atoms with Crippen LogP contribution in [-0.2, 0) is 15.3 Å². The number of fused-ring (bicyclic) bond motifs is 1. The van der Waals surface area contributed by atoms with E-state index >= 15 is 0 Å². The minimum absolute atomic E-state index is 0.197. The van der Waals surface area contributed by atoms with Gasteiger partial charge in [-0.25, -0.2) is 14.2 Å². The third kappa shape index (κ3) is 4.45. The van der Waals surface area contributed by atoms with Crippen molar-refractivity contribution >= 4 is 23.5 Å². The lowest BCUT2D eigenvalue weighted by atomic mass is 9.82. The van der Waals surface area contributed by atoms with Gasteiger partial charge in [0.05, 0.1) is 23.7 Å². The highest BCUT2D eigenvalue weighted by Crippen LogP contribution is 2.40. The number of halogens is 1. The maximum Gasteiger partial charge on any atom is 0.336 e. The Labute approximate surface area is 188 Å². The number of allylic oxidation sites excluding steroid dienone is 1. The average Bonchev–Trinajstić information content (AvgIpc) is 2.78. The Morgan fingerprint density at radius 2 is 1.88 bits per heavy atom. The van der Waals surface area contributed by atoms with Gasteiger partial charge in [0.15, 0.2) is 5.16 Å². The van der Waals surface area contributed by atoms with E-state index in [1.165, 1.54) is 23.9 Å². The molecule has 0 amide bonds. The number of nitrogens with one attached hydrogen (secondary N) is 2. The lowest BCUT2D eigenvalue weighted by molar-refractivity contribution is -0.138. The van der Waals surface area contributed by atoms with E-state index < -0.39 is 17.7 Å². The normalized spacial score (nSPS) is 15.2. The molecule has 2 N–H and O–H groups in total. The first-order valence-electron chi connectivity index (χ1n) is 10.2. The van der Waals surface area contributed by atoms with Crippen LogP contribution in [-0.4, -0.2) is 22.5 Å². The van der Waals surface area contributed by atoms with E-state index in [1.54, 1.807) is 26.0 Å². The predicted molar refractivity (Wildman–Crippen MR) is 122 cm³/mol. The standard InChI is InChI=1S/C24H22FN3O3S/c1-3-31-23(30)18-14(2)26-21-20(19(18)16-9-11-17(25)12-10-16)22(29)28-24(27-21)32-13-15-7-5-4-6-8-15/h4-12,19H,3,13H2,1-2H3,(H2,26,27,28,29). The SMILES string of the molecule is CCOC(=O)C1=C(C)Nc2nc(SCc3ccccc3)[nH]c(=O)c2C1c1ccc(F)cc1. The number of carbonyl (C=O) groups is 1. The number of thioether (sulfide) groups is 1. The van der Waals surface area contributed by atoms with Crippen LogP contribution in [0.1, 0.15) is 36.5 Å². The quantitative estimate of drug-likeness (QED) is 0.324. The van der Waals surface area contributed by atoms with Crippen LogP contribution in [0.3, 0.4) is 0 Å². The molecule has 4 rings (SSSR count). The zero-order chi connectivity index (χ0) is 22.7. The molecule has 0 aliphatic carbocycles. The second kappa shape index (κ2) is 9.40. The van der Waals surface area contributed by atoms with Gasteiger partial charge in [-0.15, -0.1) is 0 Å². The number of aromatic nitrogens is 2. The van der Waals surface area contributed by atoms with Crippen LogP contribution in [0.25, 0.3) is 0 Å². The molecular formula is C24H22FN3O3S. The number of aromatic amines is 1. The number of H-pyrrole nitrogens is 1. The molecule has 0 saturated carbocycles. The Kier molecular flexibility index (Phi) is 6.41. The molecule has 1 aliphatic rings. The van der Waals surface area contributed by atoms with Crippen LogP contribution in [0.4, 0.5) is 10.2 Å². The van der Waals surface area contributed by atoms with Crippen LogP contribution in [0.5, 0.6) is 0 Å². The van der Waals surface area contributed by atoms with E-state index in [4.69, 9.17) is 4.74 Å². The van der Waals surface area contributed by atoms with Gasteiger partial charge in [0.1, 0.15) is 11.6 Å². The zero-order valence-corrected chi connectivity index (χ0v) is 18.5. The number of anilines is 1. The fourth-order valence-electron chi connectivity index (χ4n) is 3.69. The number of benzene rings is 2. The van der Waals surface area contributed by atoms with E-state index in [9.17, 15) is 14.0 Å². The van der Waals surface area contributed by atoms with Gasteiger partial charge in [0.25, 0.3) is 5.56 Å². The molecule has 3 aromatic rings. The third-order valence-electron chi connectivity index (χ3n) is 5.14. The van der Waals surface area contributed by atoms with Crippen molar-refractivity contribution in [1.29, 1.82) is 0 Å². The fraction of sp³-hybridized carbons (Fsp3) is 0.208. The molecule has 0 fully saturated rings. The first-order valence-corrected chi connectivity index (χ1v) is 11.2. The monoisotopic (exact) mass is 451 g/mol. The molecule has 0 bridgehead atoms. The molecule has 1 unspecified atom stereocenters. The van der Waals surface area contributed by atoms with Gasteiger partial charge in [-0.05, 0) is 37.1 Å². The van der Waals surface area contributed by atoms with Crippen molar-refractivity contribution in [2.45, 2.75) is 30.7 Å². The highest BCUT2D eigenvalue weighted by molar-refractivity contribution is 7.98. The number of hydrogen-bond donors (Lipinski definition) is 2. The van der Waals surface area contributed by atoms with Gasteiger partial charge in [-0.2, -0.15) is 0 Å². The van der Waals surface area contributed by atoms with Crippen LogP contribution in [0, 0.1) is 5.82 Å². The van der Waals surface area contributed by atoms with Crippen molar-refractivity contribution in [3.63, 3.8) is 0 Å². The van der Waals surface area contributed by atoms with Gasteiger partial charge in [0, 0.05) is 11.4 Å². The number of ether oxygens (including phenoxy) is 1. The summed E-state index contributed by atoms with van der Waals surface area (Å²) in [6.45, 7) is 3.66. The third-order valence-corrected chi connectivity index (χ3v) is 6.08. The summed E-state index contributed by atoms with van der Waals surface area (Å²) in [5, 5.41) is 3.57. The number of esters is 1. The molecule has 32 heavy (non-hydrogen) atoms. The lowest BCUT2D eigenvalue weighted by Gasteiger charge is -2.28. The molecular weight excluding hydrogens is 429 g/mol. The second-order valence-electron chi connectivity index (χ2n) is 7.28. The summed E-state index contributed by atoms with van der Waals surface area (Å²) in [7, 11) is 0. The van der Waals surface area contributed by atoms with E-state index in [2.05, 4.69) is 15.3 Å². The summed E-state index contributed by atoms with van der Waals surface area (Å²) in [4.78, 5) is 33.4. The molecule has 8 heteroatoms. The van der Waals surface area contributed by atoms with Gasteiger partial charge in [0.2, 0.25) is 0 Å². The Hall–Kier alpha value is -3.39. The van der Waals surface area contributed by atoms with Crippen molar-refractivity contribution in [3.8, 4) is 0 Å². The van der Waals surface area contributed by atoms with Crippen molar-refractivity contribution in [2.24, 2.45) is 0 Å². The molecule has 164 valence electrons. The molecule has 1 aliphatic heterocycles. The summed E-state index contributed by atoms with van der Waals surface area (Å²) < 4.78 is 18.8. The van der Waals surface area contributed by atoms with Crippen molar-refractivity contribution < 1.29 is 13.9 Å². The van der Waals surface area contributed by atoms with Gasteiger partial charge in [-0.3, -0.25) is 4.79 Å². The van der Waals surface area contributed by atoms with Gasteiger partial charge >= 0.3 is 5.97 Å². The molecule has 1 aromatic heterocycles. The number of nitrogens with zero attached hydrogens (tertiary/aromatic N) is 1. The Morgan fingerprint density at radius 3 is 2.56 bits per heavy atom. The minimum Gasteiger partial charge on any atom is -0.463 e. The topological polar surface area (TPSA) is 84.1 Å². The van der Waals surface area contributed by atoms with Gasteiger partial charge in [-0.1, -0.05) is 54.2 Å². The number of rotatable bonds is 6. The largest absolute Gasteiger partial charge is 0.463 e. The van der Waals surface area contributed by atoms with Crippen molar-refractivity contribution in [3.05, 3.63) is 98.7 Å². The summed E-state index contributed by atoms with van der Waals surface area (Å²) in [6.07, 6.45) is 0. The summed E-state index contributed by atoms with van der Waals surface area (Å²) >= 11 is 1.41. The van der Waals surface area contributed by atoms with Crippen LogP contribution < -0.4 is 10.9 Å². The Bertz CT molecular complexity index is 1220. The number of hydrogen-bond acceptors (Lipinski definition) is 6. The minimum atomic E-state index is -0.727. The molecule has 6 nitrogen and oxygen atoms in total. The summed E-state index contributed by atoms with van der Waals surface area (Å²) in [5.74, 6) is -0.632. The highest BCUT2D eigenvalue weighted by atomic mass is 32.2. The van der Waals surface area contributed by atoms with Crippen molar-refractivity contribution in [2.75, 3.05) is 11.9 Å². The zero-order valence-electron chi connectivity index (χ0n) is 17.6. The first-order chi connectivity index (χ1) is 15.5. The molecule has 2 heterocycles. The van der Waals surface area contributed by atoms with E-state index in [1.807, 2.05) is 30.3 Å². The highest BCUT2D eigenvalue weighted by Gasteiger charge is 2.36. The maximum absolute atomic E-state index is 13.6. The molecule has 0 radical (unpaired) electrons. The molecule has 0 spiro atoms. The average molecular weight is 452 g/mol. The number of carbonyl (C=O) groups excluding carboxylic acids is 1. The lowest BCUT2D eigenvalue weighted by Crippen LogP contribution is -2.31. The molecule has 2 aromatic carbocycles. The smallest absolute Gasteiger partial charge is 0.336 e. The summed E-state index contributed by atoms with van der Waals surface area (Å²) in [6, 6.07) is 15.6. The predicted octanol–water partition coefficient (Wildman–Crippen LogP) is 4.60. The molecule has 0 saturated heterocycles. The van der Waals surface area contributed by atoms with Crippen LogP contribution >= 0.6 is 11.8 Å². The Balaban J connectivity index is 1.76. The summed E-state index contributed by atoms with van der Waals surface area (Å²) in [5.41, 5.74) is 2.51. The first kappa shape index (κ1) is 21.8. The van der Waals surface area contributed by atoms with E-state index in [0.29, 0.717) is 39.1 Å². The van der Waals surface area contributed by atoms with Crippen molar-refractivity contribution in [1.82, 2.24) is 9.97 Å². The molecule has 1 atom stereocenters. The van der Waals surface area contributed by atoms with Gasteiger partial charge < -0.3 is 15.0 Å². The van der Waals surface area contributed by atoms with Crippen LogP contribution in [0.15, 0.2) is 75.8 Å².